The molecular weight excluding hydrogens is 490 g/mol. The second-order valence-corrected chi connectivity index (χ2v) is 7.74. The van der Waals surface area contributed by atoms with Crippen molar-refractivity contribution in [1.29, 1.82) is 0 Å². The molecule has 0 radical (unpaired) electrons. The summed E-state index contributed by atoms with van der Waals surface area (Å²) >= 11 is 2.18. The number of carbonyl (C=O) groups excluding carboxylic acids is 3. The third-order valence-electron chi connectivity index (χ3n) is 4.20. The molecule has 2 N–H and O–H groups in total. The molecule has 154 valence electrons. The third kappa shape index (κ3) is 7.45. The van der Waals surface area contributed by atoms with Crippen LogP contribution in [0.1, 0.15) is 18.1 Å². The van der Waals surface area contributed by atoms with Gasteiger partial charge in [0, 0.05) is 23.3 Å². The largest absolute Gasteiger partial charge is 0.467 e. The summed E-state index contributed by atoms with van der Waals surface area (Å²) < 4.78 is 19.0. The van der Waals surface area contributed by atoms with E-state index in [0.29, 0.717) is 5.56 Å². The van der Waals surface area contributed by atoms with E-state index < -0.39 is 29.8 Å². The lowest BCUT2D eigenvalue weighted by atomic mass is 10.0. The number of hydrogen-bond acceptors (Lipinski definition) is 4. The minimum Gasteiger partial charge on any atom is -0.467 e. The van der Waals surface area contributed by atoms with Gasteiger partial charge in [-0.2, -0.15) is 0 Å². The molecule has 0 fully saturated rings. The van der Waals surface area contributed by atoms with E-state index >= 15 is 0 Å². The van der Waals surface area contributed by atoms with Crippen LogP contribution in [0.2, 0.25) is 0 Å². The Bertz CT molecular complexity index is 856. The van der Waals surface area contributed by atoms with Gasteiger partial charge < -0.3 is 15.4 Å². The molecule has 0 heterocycles. The van der Waals surface area contributed by atoms with E-state index in [2.05, 4.69) is 33.2 Å². The van der Waals surface area contributed by atoms with E-state index in [4.69, 9.17) is 4.74 Å². The van der Waals surface area contributed by atoms with Gasteiger partial charge in [0.2, 0.25) is 11.8 Å². The first kappa shape index (κ1) is 22.8. The summed E-state index contributed by atoms with van der Waals surface area (Å²) in [5, 5.41) is 5.24. The van der Waals surface area contributed by atoms with E-state index in [-0.39, 0.29) is 18.7 Å². The van der Waals surface area contributed by atoms with Crippen LogP contribution in [0.3, 0.4) is 0 Å². The van der Waals surface area contributed by atoms with Gasteiger partial charge in [-0.3, -0.25) is 9.59 Å². The van der Waals surface area contributed by atoms with Crippen LogP contribution in [0.15, 0.2) is 48.5 Å². The summed E-state index contributed by atoms with van der Waals surface area (Å²) in [5.41, 5.74) is 1.53. The summed E-state index contributed by atoms with van der Waals surface area (Å²) in [7, 11) is 1.25. The number of rotatable bonds is 8. The van der Waals surface area contributed by atoms with Crippen molar-refractivity contribution < 1.29 is 23.5 Å². The number of esters is 1. The first-order chi connectivity index (χ1) is 13.8. The van der Waals surface area contributed by atoms with Crippen molar-refractivity contribution in [3.05, 3.63) is 69.0 Å². The van der Waals surface area contributed by atoms with Crippen molar-refractivity contribution in [2.45, 2.75) is 31.8 Å². The Hall–Kier alpha value is -2.49. The number of nitrogens with one attached hydrogen (secondary N) is 2. The standard InChI is InChI=1S/C21H22FIN2O4/c1-13(26)24-18(11-14-3-7-16(22)8-4-14)20(27)25-19(21(28)29-2)12-15-5-9-17(23)10-6-15/h3-10,18-19H,11-12H2,1-2H3,(H,24,26)(H,25,27)/t18-,19-/m1/s1. The van der Waals surface area contributed by atoms with E-state index in [0.717, 1.165) is 9.13 Å². The monoisotopic (exact) mass is 512 g/mol. The zero-order chi connectivity index (χ0) is 21.4. The van der Waals surface area contributed by atoms with Gasteiger partial charge in [0.25, 0.3) is 0 Å². The first-order valence-corrected chi connectivity index (χ1v) is 10.0. The van der Waals surface area contributed by atoms with Crippen molar-refractivity contribution in [2.75, 3.05) is 7.11 Å². The van der Waals surface area contributed by atoms with Crippen LogP contribution >= 0.6 is 22.6 Å². The Labute approximate surface area is 182 Å². The molecule has 2 atom stereocenters. The van der Waals surface area contributed by atoms with Crippen LogP contribution in [0.4, 0.5) is 4.39 Å². The maximum absolute atomic E-state index is 13.1. The van der Waals surface area contributed by atoms with E-state index in [9.17, 15) is 18.8 Å². The molecule has 2 aromatic carbocycles. The van der Waals surface area contributed by atoms with Gasteiger partial charge in [-0.25, -0.2) is 9.18 Å². The van der Waals surface area contributed by atoms with Crippen LogP contribution in [0.25, 0.3) is 0 Å². The van der Waals surface area contributed by atoms with Crippen LogP contribution in [-0.4, -0.2) is 37.0 Å². The molecule has 0 unspecified atom stereocenters. The smallest absolute Gasteiger partial charge is 0.328 e. The lowest BCUT2D eigenvalue weighted by Gasteiger charge is -2.22. The highest BCUT2D eigenvalue weighted by Crippen LogP contribution is 2.11. The number of ether oxygens (including phenoxy) is 1. The first-order valence-electron chi connectivity index (χ1n) is 8.92. The van der Waals surface area contributed by atoms with Gasteiger partial charge in [-0.15, -0.1) is 0 Å². The fraction of sp³-hybridized carbons (Fsp3) is 0.286. The number of hydrogen-bond donors (Lipinski definition) is 2. The Balaban J connectivity index is 2.15. The fourth-order valence-corrected chi connectivity index (χ4v) is 3.13. The molecule has 2 aromatic rings. The second kappa shape index (κ2) is 10.9. The summed E-state index contributed by atoms with van der Waals surface area (Å²) in [5.74, 6) is -1.89. The molecule has 0 saturated heterocycles. The van der Waals surface area contributed by atoms with Crippen molar-refractivity contribution in [1.82, 2.24) is 10.6 Å². The number of amides is 2. The number of methoxy groups -OCH3 is 1. The van der Waals surface area contributed by atoms with Gasteiger partial charge in [-0.1, -0.05) is 24.3 Å². The van der Waals surface area contributed by atoms with Crippen LogP contribution in [0.5, 0.6) is 0 Å². The lowest BCUT2D eigenvalue weighted by Crippen LogP contribution is -2.53. The average Bonchev–Trinajstić information content (AvgIpc) is 2.69. The average molecular weight is 512 g/mol. The summed E-state index contributed by atoms with van der Waals surface area (Å²) in [6, 6.07) is 11.4. The van der Waals surface area contributed by atoms with Crippen LogP contribution in [-0.2, 0) is 32.0 Å². The van der Waals surface area contributed by atoms with E-state index in [1.54, 1.807) is 12.1 Å². The van der Waals surface area contributed by atoms with Crippen molar-refractivity contribution >= 4 is 40.4 Å². The Morgan fingerprint density at radius 3 is 1.97 bits per heavy atom. The van der Waals surface area contributed by atoms with Crippen molar-refractivity contribution in [3.8, 4) is 0 Å². The lowest BCUT2D eigenvalue weighted by molar-refractivity contribution is -0.145. The van der Waals surface area contributed by atoms with E-state index in [1.807, 2.05) is 24.3 Å². The van der Waals surface area contributed by atoms with Gasteiger partial charge >= 0.3 is 5.97 Å². The Kier molecular flexibility index (Phi) is 8.56. The van der Waals surface area contributed by atoms with Crippen molar-refractivity contribution in [2.24, 2.45) is 0 Å². The zero-order valence-electron chi connectivity index (χ0n) is 16.1. The third-order valence-corrected chi connectivity index (χ3v) is 4.92. The zero-order valence-corrected chi connectivity index (χ0v) is 18.2. The molecule has 8 heteroatoms. The summed E-state index contributed by atoms with van der Waals surface area (Å²) in [4.78, 5) is 36.6. The molecule has 2 rings (SSSR count). The maximum atomic E-state index is 13.1. The number of benzene rings is 2. The molecule has 29 heavy (non-hydrogen) atoms. The number of carbonyl (C=O) groups is 3. The van der Waals surface area contributed by atoms with Crippen LogP contribution in [0, 0.1) is 9.39 Å². The summed E-state index contributed by atoms with van der Waals surface area (Å²) in [6.45, 7) is 1.30. The molecule has 0 aliphatic heterocycles. The van der Waals surface area contributed by atoms with Gasteiger partial charge in [0.15, 0.2) is 0 Å². The second-order valence-electron chi connectivity index (χ2n) is 6.50. The molecular formula is C21H22FIN2O4. The normalized spacial score (nSPS) is 12.6. The molecule has 2 amide bonds. The van der Waals surface area contributed by atoms with Gasteiger partial charge in [0.05, 0.1) is 7.11 Å². The summed E-state index contributed by atoms with van der Waals surface area (Å²) in [6.07, 6.45) is 0.405. The van der Waals surface area contributed by atoms with E-state index in [1.165, 1.54) is 26.2 Å². The molecule has 0 saturated carbocycles. The molecule has 0 aliphatic rings. The highest BCUT2D eigenvalue weighted by molar-refractivity contribution is 14.1. The molecule has 0 aromatic heterocycles. The Morgan fingerprint density at radius 2 is 1.45 bits per heavy atom. The molecule has 6 nitrogen and oxygen atoms in total. The molecule has 0 bridgehead atoms. The minimum absolute atomic E-state index is 0.156. The van der Waals surface area contributed by atoms with Crippen molar-refractivity contribution in [3.63, 3.8) is 0 Å². The molecule has 0 aliphatic carbocycles. The SMILES string of the molecule is COC(=O)[C@@H](Cc1ccc(I)cc1)NC(=O)[C@@H](Cc1ccc(F)cc1)NC(C)=O. The minimum atomic E-state index is -0.915. The Morgan fingerprint density at radius 1 is 0.931 bits per heavy atom. The fourth-order valence-electron chi connectivity index (χ4n) is 2.77. The maximum Gasteiger partial charge on any atom is 0.328 e. The molecule has 0 spiro atoms. The van der Waals surface area contributed by atoms with Crippen LogP contribution < -0.4 is 10.6 Å². The predicted molar refractivity (Wildman–Crippen MR) is 115 cm³/mol. The topological polar surface area (TPSA) is 84.5 Å². The highest BCUT2D eigenvalue weighted by Gasteiger charge is 2.27. The van der Waals surface area contributed by atoms with Gasteiger partial charge in [0.1, 0.15) is 17.9 Å². The predicted octanol–water partition coefficient (Wildman–Crippen LogP) is 2.38. The highest BCUT2D eigenvalue weighted by atomic mass is 127. The number of halogens is 2. The quantitative estimate of drug-likeness (QED) is 0.421. The van der Waals surface area contributed by atoms with Gasteiger partial charge in [-0.05, 0) is 58.0 Å².